The van der Waals surface area contributed by atoms with Gasteiger partial charge < -0.3 is 15.0 Å². The Balaban J connectivity index is 2.35. The highest BCUT2D eigenvalue weighted by Gasteiger charge is 2.20. The molecule has 19 heavy (non-hydrogen) atoms. The number of benzene rings is 1. The van der Waals surface area contributed by atoms with E-state index >= 15 is 0 Å². The van der Waals surface area contributed by atoms with E-state index in [1.807, 2.05) is 35.9 Å². The lowest BCUT2D eigenvalue weighted by atomic mass is 10.1. The van der Waals surface area contributed by atoms with Gasteiger partial charge in [-0.25, -0.2) is 0 Å². The maximum atomic E-state index is 11.6. The molecule has 0 aliphatic rings. The topological polar surface area (TPSA) is 57.2 Å². The van der Waals surface area contributed by atoms with Gasteiger partial charge in [-0.1, -0.05) is 29.8 Å². The Morgan fingerprint density at radius 3 is 2.84 bits per heavy atom. The van der Waals surface area contributed by atoms with E-state index in [0.29, 0.717) is 18.2 Å². The van der Waals surface area contributed by atoms with Gasteiger partial charge >= 0.3 is 5.97 Å². The molecule has 5 heteroatoms. The van der Waals surface area contributed by atoms with Crippen LogP contribution in [0.15, 0.2) is 24.3 Å². The zero-order chi connectivity index (χ0) is 14.0. The summed E-state index contributed by atoms with van der Waals surface area (Å²) in [6.45, 7) is 2.09. The number of nitrogens with zero attached hydrogens (tertiary/aromatic N) is 1. The van der Waals surface area contributed by atoms with Crippen molar-refractivity contribution in [3.63, 3.8) is 0 Å². The molecule has 0 fully saturated rings. The summed E-state index contributed by atoms with van der Waals surface area (Å²) in [6.07, 6.45) is 0.374. The Labute approximate surface area is 117 Å². The van der Waals surface area contributed by atoms with Crippen LogP contribution in [0.2, 0.25) is 5.15 Å². The van der Waals surface area contributed by atoms with Crippen molar-refractivity contribution < 1.29 is 9.53 Å². The summed E-state index contributed by atoms with van der Waals surface area (Å²) in [6, 6.07) is 7.17. The van der Waals surface area contributed by atoms with Crippen molar-refractivity contribution in [2.75, 3.05) is 6.61 Å². The van der Waals surface area contributed by atoms with Gasteiger partial charge in [-0.3, -0.25) is 4.79 Å². The normalized spacial score (nSPS) is 12.6. The summed E-state index contributed by atoms with van der Waals surface area (Å²) in [5, 5.41) is 1.63. The molecule has 0 aliphatic heterocycles. The number of hydrogen-bond acceptors (Lipinski definition) is 3. The molecule has 1 unspecified atom stereocenters. The number of carbonyl (C=O) groups excluding carboxylic acids is 1. The van der Waals surface area contributed by atoms with Crippen LogP contribution in [0.4, 0.5) is 0 Å². The molecule has 1 atom stereocenters. The predicted octanol–water partition coefficient (Wildman–Crippen LogP) is 2.26. The fraction of sp³-hybridized carbons (Fsp3) is 0.357. The van der Waals surface area contributed by atoms with E-state index in [4.69, 9.17) is 22.1 Å². The zero-order valence-corrected chi connectivity index (χ0v) is 11.8. The first-order chi connectivity index (χ1) is 9.06. The lowest BCUT2D eigenvalue weighted by Crippen LogP contribution is -2.34. The number of nitrogens with two attached hydrogens (primary N) is 1. The maximum Gasteiger partial charge on any atom is 0.323 e. The number of hydrogen-bond donors (Lipinski definition) is 1. The van der Waals surface area contributed by atoms with Crippen molar-refractivity contribution in [2.45, 2.75) is 19.4 Å². The van der Waals surface area contributed by atoms with Crippen molar-refractivity contribution in [3.8, 4) is 0 Å². The lowest BCUT2D eigenvalue weighted by molar-refractivity contribution is -0.144. The second-order valence-corrected chi connectivity index (χ2v) is 4.77. The molecule has 1 aromatic carbocycles. The second kappa shape index (κ2) is 5.63. The number of para-hydroxylation sites is 1. The summed E-state index contributed by atoms with van der Waals surface area (Å²) in [4.78, 5) is 11.6. The Hall–Kier alpha value is -1.52. The molecule has 0 spiro atoms. The monoisotopic (exact) mass is 280 g/mol. The zero-order valence-electron chi connectivity index (χ0n) is 11.0. The molecule has 2 aromatic rings. The standard InChI is InChI=1S/C14H17ClN2O2/c1-3-19-14(18)11(16)8-10-9-6-4-5-7-12(9)17(2)13(10)15/h4-7,11H,3,8,16H2,1-2H3. The quantitative estimate of drug-likeness (QED) is 0.874. The first kappa shape index (κ1) is 13.9. The fourth-order valence-electron chi connectivity index (χ4n) is 2.19. The van der Waals surface area contributed by atoms with E-state index < -0.39 is 12.0 Å². The number of aryl methyl sites for hydroxylation is 1. The van der Waals surface area contributed by atoms with Crippen LogP contribution in [0.5, 0.6) is 0 Å². The summed E-state index contributed by atoms with van der Waals surface area (Å²) in [5.74, 6) is -0.397. The average molecular weight is 281 g/mol. The highest BCUT2D eigenvalue weighted by Crippen LogP contribution is 2.29. The van der Waals surface area contributed by atoms with Crippen LogP contribution in [0.1, 0.15) is 12.5 Å². The van der Waals surface area contributed by atoms with Crippen LogP contribution in [0, 0.1) is 0 Å². The molecule has 1 heterocycles. The van der Waals surface area contributed by atoms with Crippen LogP contribution in [-0.4, -0.2) is 23.2 Å². The van der Waals surface area contributed by atoms with E-state index in [1.54, 1.807) is 6.92 Å². The van der Waals surface area contributed by atoms with Crippen molar-refractivity contribution in [1.82, 2.24) is 4.57 Å². The molecule has 0 amide bonds. The minimum Gasteiger partial charge on any atom is -0.465 e. The second-order valence-electron chi connectivity index (χ2n) is 4.41. The smallest absolute Gasteiger partial charge is 0.323 e. The van der Waals surface area contributed by atoms with E-state index in [-0.39, 0.29) is 0 Å². The van der Waals surface area contributed by atoms with E-state index in [0.717, 1.165) is 16.5 Å². The van der Waals surface area contributed by atoms with E-state index in [2.05, 4.69) is 0 Å². The Morgan fingerprint density at radius 1 is 1.47 bits per heavy atom. The molecule has 0 radical (unpaired) electrons. The molecule has 0 saturated carbocycles. The summed E-state index contributed by atoms with van der Waals surface area (Å²) in [7, 11) is 1.89. The maximum absolute atomic E-state index is 11.6. The Bertz CT molecular complexity index is 607. The first-order valence-corrected chi connectivity index (χ1v) is 6.58. The number of ether oxygens (including phenoxy) is 1. The lowest BCUT2D eigenvalue weighted by Gasteiger charge is -2.10. The summed E-state index contributed by atoms with van der Waals surface area (Å²) in [5.41, 5.74) is 7.78. The number of esters is 1. The summed E-state index contributed by atoms with van der Waals surface area (Å²) >= 11 is 6.32. The van der Waals surface area contributed by atoms with Gasteiger partial charge in [0, 0.05) is 24.4 Å². The number of halogens is 1. The SMILES string of the molecule is CCOC(=O)C(N)Cc1c(Cl)n(C)c2ccccc12. The molecule has 0 saturated heterocycles. The van der Waals surface area contributed by atoms with Gasteiger partial charge in [-0.05, 0) is 18.6 Å². The van der Waals surface area contributed by atoms with Gasteiger partial charge in [0.05, 0.1) is 6.61 Å². The summed E-state index contributed by atoms with van der Waals surface area (Å²) < 4.78 is 6.81. The van der Waals surface area contributed by atoms with Crippen molar-refractivity contribution in [2.24, 2.45) is 12.8 Å². The highest BCUT2D eigenvalue weighted by molar-refractivity contribution is 6.32. The van der Waals surface area contributed by atoms with Gasteiger partial charge in [0.25, 0.3) is 0 Å². The largest absolute Gasteiger partial charge is 0.465 e. The van der Waals surface area contributed by atoms with Crippen molar-refractivity contribution in [1.29, 1.82) is 0 Å². The first-order valence-electron chi connectivity index (χ1n) is 6.20. The average Bonchev–Trinajstić information content (AvgIpc) is 2.65. The van der Waals surface area contributed by atoms with Crippen molar-refractivity contribution in [3.05, 3.63) is 35.0 Å². The van der Waals surface area contributed by atoms with Crippen LogP contribution >= 0.6 is 11.6 Å². The molecule has 0 bridgehead atoms. The molecule has 2 N–H and O–H groups in total. The van der Waals surface area contributed by atoms with Crippen LogP contribution in [0.25, 0.3) is 10.9 Å². The number of rotatable bonds is 4. The molecule has 4 nitrogen and oxygen atoms in total. The number of aromatic nitrogens is 1. The van der Waals surface area contributed by atoms with Crippen LogP contribution < -0.4 is 5.73 Å². The van der Waals surface area contributed by atoms with Gasteiger partial charge in [0.2, 0.25) is 0 Å². The number of carbonyl (C=O) groups is 1. The van der Waals surface area contributed by atoms with Crippen LogP contribution in [-0.2, 0) is 23.0 Å². The molecule has 2 rings (SSSR count). The van der Waals surface area contributed by atoms with Crippen LogP contribution in [0.3, 0.4) is 0 Å². The van der Waals surface area contributed by atoms with Gasteiger partial charge in [-0.2, -0.15) is 0 Å². The highest BCUT2D eigenvalue weighted by atomic mass is 35.5. The molecule has 102 valence electrons. The van der Waals surface area contributed by atoms with Crippen molar-refractivity contribution >= 4 is 28.5 Å². The third-order valence-electron chi connectivity index (χ3n) is 3.15. The van der Waals surface area contributed by atoms with Gasteiger partial charge in [0.1, 0.15) is 11.2 Å². The molecule has 0 aliphatic carbocycles. The van der Waals surface area contributed by atoms with E-state index in [1.165, 1.54) is 0 Å². The minimum atomic E-state index is -0.691. The third kappa shape index (κ3) is 2.60. The van der Waals surface area contributed by atoms with Gasteiger partial charge in [0.15, 0.2) is 0 Å². The Morgan fingerprint density at radius 2 is 2.16 bits per heavy atom. The predicted molar refractivity (Wildman–Crippen MR) is 76.2 cm³/mol. The minimum absolute atomic E-state index is 0.329. The molecular formula is C14H17ClN2O2. The number of fused-ring (bicyclic) bond motifs is 1. The third-order valence-corrected chi connectivity index (χ3v) is 3.63. The Kier molecular flexibility index (Phi) is 4.12. The van der Waals surface area contributed by atoms with Gasteiger partial charge in [-0.15, -0.1) is 0 Å². The molecule has 1 aromatic heterocycles. The fourth-order valence-corrected chi connectivity index (χ4v) is 2.46. The van der Waals surface area contributed by atoms with E-state index in [9.17, 15) is 4.79 Å². The molecular weight excluding hydrogens is 264 g/mol.